The Kier molecular flexibility index (Phi) is 3.21. The maximum Gasteiger partial charge on any atom is 0.231 e. The van der Waals surface area contributed by atoms with Crippen molar-refractivity contribution in [2.75, 3.05) is 6.79 Å². The van der Waals surface area contributed by atoms with E-state index in [0.29, 0.717) is 11.7 Å². The van der Waals surface area contributed by atoms with Crippen LogP contribution in [0.3, 0.4) is 0 Å². The Morgan fingerprint density at radius 3 is 2.56 bits per heavy atom. The summed E-state index contributed by atoms with van der Waals surface area (Å²) in [5.41, 5.74) is 7.04. The standard InChI is InChI=1S/C13H16BrNO3/c14-9-5-11-10(17-6-18-11)4-8(9)12(15)13(16)7-2-1-3-7/h4-5,7,12-13,16H,1-3,6,15H2/t12-,13+/m1/s1. The number of hydrogen-bond donors (Lipinski definition) is 2. The van der Waals surface area contributed by atoms with Gasteiger partial charge in [0, 0.05) is 4.47 Å². The van der Waals surface area contributed by atoms with Gasteiger partial charge in [-0.15, -0.1) is 0 Å². The number of nitrogens with two attached hydrogens (primary N) is 1. The highest BCUT2D eigenvalue weighted by atomic mass is 79.9. The van der Waals surface area contributed by atoms with Crippen LogP contribution in [0.15, 0.2) is 16.6 Å². The van der Waals surface area contributed by atoms with E-state index in [0.717, 1.165) is 28.6 Å². The lowest BCUT2D eigenvalue weighted by molar-refractivity contribution is 0.0411. The average Bonchev–Trinajstić information content (AvgIpc) is 2.71. The molecule has 1 saturated carbocycles. The van der Waals surface area contributed by atoms with Gasteiger partial charge in [-0.25, -0.2) is 0 Å². The zero-order valence-electron chi connectivity index (χ0n) is 9.93. The Balaban J connectivity index is 1.86. The van der Waals surface area contributed by atoms with Crippen molar-refractivity contribution in [2.45, 2.75) is 31.4 Å². The van der Waals surface area contributed by atoms with Crippen molar-refractivity contribution in [1.82, 2.24) is 0 Å². The van der Waals surface area contributed by atoms with Crippen LogP contribution in [-0.4, -0.2) is 18.0 Å². The number of fused-ring (bicyclic) bond motifs is 1. The number of aliphatic hydroxyl groups is 1. The Hall–Kier alpha value is -0.780. The molecule has 18 heavy (non-hydrogen) atoms. The van der Waals surface area contributed by atoms with Gasteiger partial charge in [-0.3, -0.25) is 0 Å². The quantitative estimate of drug-likeness (QED) is 0.899. The summed E-state index contributed by atoms with van der Waals surface area (Å²) < 4.78 is 11.5. The topological polar surface area (TPSA) is 64.7 Å². The van der Waals surface area contributed by atoms with E-state index in [-0.39, 0.29) is 12.8 Å². The monoisotopic (exact) mass is 313 g/mol. The minimum absolute atomic E-state index is 0.242. The lowest BCUT2D eigenvalue weighted by atomic mass is 9.77. The third-order valence-corrected chi connectivity index (χ3v) is 4.54. The van der Waals surface area contributed by atoms with Gasteiger partial charge in [0.2, 0.25) is 6.79 Å². The van der Waals surface area contributed by atoms with Gasteiger partial charge in [0.05, 0.1) is 12.1 Å². The highest BCUT2D eigenvalue weighted by Crippen LogP contribution is 2.41. The lowest BCUT2D eigenvalue weighted by Gasteiger charge is -2.34. The molecule has 0 spiro atoms. The first-order valence-electron chi connectivity index (χ1n) is 6.19. The van der Waals surface area contributed by atoms with Crippen molar-refractivity contribution in [2.24, 2.45) is 11.7 Å². The van der Waals surface area contributed by atoms with Crippen LogP contribution < -0.4 is 15.2 Å². The van der Waals surface area contributed by atoms with Gasteiger partial charge in [0.15, 0.2) is 11.5 Å². The lowest BCUT2D eigenvalue weighted by Crippen LogP contribution is -2.36. The van der Waals surface area contributed by atoms with Crippen molar-refractivity contribution < 1.29 is 14.6 Å². The molecule has 1 fully saturated rings. The van der Waals surface area contributed by atoms with Crippen molar-refractivity contribution in [3.8, 4) is 11.5 Å². The first-order chi connectivity index (χ1) is 8.66. The fourth-order valence-corrected chi connectivity index (χ4v) is 3.03. The third-order valence-electron chi connectivity index (χ3n) is 3.85. The largest absolute Gasteiger partial charge is 0.454 e. The van der Waals surface area contributed by atoms with Gasteiger partial charge in [-0.2, -0.15) is 0 Å². The van der Waals surface area contributed by atoms with Crippen molar-refractivity contribution in [3.63, 3.8) is 0 Å². The molecule has 0 unspecified atom stereocenters. The molecule has 0 aromatic heterocycles. The van der Waals surface area contributed by atoms with E-state index in [1.54, 1.807) is 0 Å². The van der Waals surface area contributed by atoms with Gasteiger partial charge in [0.1, 0.15) is 0 Å². The van der Waals surface area contributed by atoms with E-state index in [4.69, 9.17) is 15.2 Å². The molecule has 2 atom stereocenters. The number of hydrogen-bond acceptors (Lipinski definition) is 4. The van der Waals surface area contributed by atoms with Crippen LogP contribution in [0.25, 0.3) is 0 Å². The van der Waals surface area contributed by atoms with Gasteiger partial charge >= 0.3 is 0 Å². The molecule has 1 aromatic carbocycles. The Morgan fingerprint density at radius 2 is 1.94 bits per heavy atom. The van der Waals surface area contributed by atoms with Gasteiger partial charge in [-0.05, 0) is 36.5 Å². The molecule has 3 N–H and O–H groups in total. The molecular formula is C13H16BrNO3. The number of ether oxygens (including phenoxy) is 2. The van der Waals surface area contributed by atoms with E-state index >= 15 is 0 Å². The summed E-state index contributed by atoms with van der Waals surface area (Å²) in [6, 6.07) is 3.32. The Bertz CT molecular complexity index is 462. The molecule has 5 heteroatoms. The second kappa shape index (κ2) is 4.72. The normalized spacial score (nSPS) is 21.5. The molecule has 1 aromatic rings. The molecule has 2 aliphatic rings. The molecule has 0 amide bonds. The predicted octanol–water partition coefficient (Wildman–Crippen LogP) is 2.34. The Labute approximate surface area is 114 Å². The van der Waals surface area contributed by atoms with Gasteiger partial charge in [0.25, 0.3) is 0 Å². The smallest absolute Gasteiger partial charge is 0.231 e. The Morgan fingerprint density at radius 1 is 1.28 bits per heavy atom. The van der Waals surface area contributed by atoms with Crippen LogP contribution in [-0.2, 0) is 0 Å². The molecular weight excluding hydrogens is 298 g/mol. The highest BCUT2D eigenvalue weighted by molar-refractivity contribution is 9.10. The maximum absolute atomic E-state index is 10.2. The van der Waals surface area contributed by atoms with Crippen LogP contribution in [0.5, 0.6) is 11.5 Å². The fraction of sp³-hybridized carbons (Fsp3) is 0.538. The summed E-state index contributed by atoms with van der Waals surface area (Å²) in [6.45, 7) is 0.242. The second-order valence-corrected chi connectivity index (χ2v) is 5.79. The zero-order chi connectivity index (χ0) is 12.7. The molecule has 0 saturated heterocycles. The summed E-state index contributed by atoms with van der Waals surface area (Å²) in [6.07, 6.45) is 2.83. The van der Waals surface area contributed by atoms with Crippen LogP contribution in [0.1, 0.15) is 30.9 Å². The molecule has 0 radical (unpaired) electrons. The zero-order valence-corrected chi connectivity index (χ0v) is 11.5. The summed E-state index contributed by atoms with van der Waals surface area (Å²) in [4.78, 5) is 0. The van der Waals surface area contributed by atoms with Crippen molar-refractivity contribution >= 4 is 15.9 Å². The van der Waals surface area contributed by atoms with E-state index in [9.17, 15) is 5.11 Å². The highest BCUT2D eigenvalue weighted by Gasteiger charge is 2.32. The van der Waals surface area contributed by atoms with Crippen molar-refractivity contribution in [1.29, 1.82) is 0 Å². The van der Waals surface area contributed by atoms with E-state index in [2.05, 4.69) is 15.9 Å². The molecule has 1 heterocycles. The SMILES string of the molecule is N[C@H](c1cc2c(cc1Br)OCO2)[C@@H](O)C1CCC1. The summed E-state index contributed by atoms with van der Waals surface area (Å²) >= 11 is 3.48. The first kappa shape index (κ1) is 12.3. The van der Waals surface area contributed by atoms with Crippen LogP contribution in [0.4, 0.5) is 0 Å². The van der Waals surface area contributed by atoms with E-state index in [1.165, 1.54) is 6.42 Å². The van der Waals surface area contributed by atoms with Crippen LogP contribution in [0.2, 0.25) is 0 Å². The molecule has 0 bridgehead atoms. The predicted molar refractivity (Wildman–Crippen MR) is 70.5 cm³/mol. The number of rotatable bonds is 3. The van der Waals surface area contributed by atoms with Crippen LogP contribution in [0, 0.1) is 5.92 Å². The van der Waals surface area contributed by atoms with E-state index < -0.39 is 6.10 Å². The molecule has 3 rings (SSSR count). The molecule has 4 nitrogen and oxygen atoms in total. The summed E-state index contributed by atoms with van der Waals surface area (Å²) in [5, 5.41) is 10.2. The third kappa shape index (κ3) is 2.00. The van der Waals surface area contributed by atoms with Crippen molar-refractivity contribution in [3.05, 3.63) is 22.2 Å². The minimum atomic E-state index is -0.490. The molecule has 1 aliphatic carbocycles. The molecule has 1 aliphatic heterocycles. The van der Waals surface area contributed by atoms with Gasteiger partial charge in [-0.1, -0.05) is 22.4 Å². The number of benzene rings is 1. The van der Waals surface area contributed by atoms with Gasteiger partial charge < -0.3 is 20.3 Å². The number of aliphatic hydroxyl groups excluding tert-OH is 1. The molecule has 98 valence electrons. The minimum Gasteiger partial charge on any atom is -0.454 e. The summed E-state index contributed by atoms with van der Waals surface area (Å²) in [7, 11) is 0. The first-order valence-corrected chi connectivity index (χ1v) is 6.99. The van der Waals surface area contributed by atoms with Crippen LogP contribution >= 0.6 is 15.9 Å². The summed E-state index contributed by atoms with van der Waals surface area (Å²) in [5.74, 6) is 1.75. The maximum atomic E-state index is 10.2. The van der Waals surface area contributed by atoms with E-state index in [1.807, 2.05) is 12.1 Å². The average molecular weight is 314 g/mol. The fourth-order valence-electron chi connectivity index (χ4n) is 2.45. The number of halogens is 1. The second-order valence-electron chi connectivity index (χ2n) is 4.93.